The molecule has 1 aromatic carbocycles. The molecule has 0 saturated carbocycles. The van der Waals surface area contributed by atoms with E-state index in [0.717, 1.165) is 5.56 Å². The Morgan fingerprint density at radius 2 is 1.57 bits per heavy atom. The third-order valence-electron chi connectivity index (χ3n) is 6.24. The van der Waals surface area contributed by atoms with E-state index < -0.39 is 47.9 Å². The molecular weight excluding hydrogens is 494 g/mol. The topological polar surface area (TPSA) is 177 Å². The number of carbonyl (C=O) groups excluding carboxylic acids is 3. The van der Waals surface area contributed by atoms with Crippen LogP contribution in [0.5, 0.6) is 0 Å². The summed E-state index contributed by atoms with van der Waals surface area (Å²) in [5, 5.41) is 17.7. The number of hydrogen-bond donors (Lipinski definition) is 6. The van der Waals surface area contributed by atoms with Crippen molar-refractivity contribution in [1.29, 1.82) is 0 Å². The number of thioether (sulfide) groups is 1. The van der Waals surface area contributed by atoms with Crippen molar-refractivity contribution in [3.05, 3.63) is 35.9 Å². The van der Waals surface area contributed by atoms with Crippen LogP contribution in [-0.4, -0.2) is 71.5 Å². The molecule has 8 N–H and O–H groups in total. The predicted molar refractivity (Wildman–Crippen MR) is 147 cm³/mol. The Morgan fingerprint density at radius 3 is 2.14 bits per heavy atom. The van der Waals surface area contributed by atoms with E-state index in [-0.39, 0.29) is 12.3 Å². The summed E-state index contributed by atoms with van der Waals surface area (Å²) in [6, 6.07) is 5.31. The van der Waals surface area contributed by atoms with Gasteiger partial charge in [-0.25, -0.2) is 4.79 Å². The summed E-state index contributed by atoms with van der Waals surface area (Å²) < 4.78 is 0. The van der Waals surface area contributed by atoms with E-state index in [9.17, 15) is 24.3 Å². The van der Waals surface area contributed by atoms with Crippen LogP contribution >= 0.6 is 11.8 Å². The number of nitrogens with two attached hydrogens (primary N) is 2. The molecule has 0 spiro atoms. The summed E-state index contributed by atoms with van der Waals surface area (Å²) in [7, 11) is 0. The van der Waals surface area contributed by atoms with Gasteiger partial charge < -0.3 is 32.5 Å². The van der Waals surface area contributed by atoms with Crippen LogP contribution in [0.25, 0.3) is 0 Å². The number of unbranched alkanes of at least 4 members (excludes halogenated alkanes) is 1. The molecule has 5 unspecified atom stereocenters. The van der Waals surface area contributed by atoms with Crippen LogP contribution in [0.4, 0.5) is 0 Å². The lowest BCUT2D eigenvalue weighted by atomic mass is 9.98. The molecule has 0 saturated heterocycles. The summed E-state index contributed by atoms with van der Waals surface area (Å²) in [6.07, 6.45) is 4.69. The van der Waals surface area contributed by atoms with Gasteiger partial charge in [0.15, 0.2) is 0 Å². The van der Waals surface area contributed by atoms with Crippen molar-refractivity contribution in [2.45, 2.75) is 76.5 Å². The van der Waals surface area contributed by atoms with Crippen molar-refractivity contribution in [3.8, 4) is 0 Å². The molecule has 1 aromatic rings. The number of nitrogens with one attached hydrogen (secondary N) is 3. The predicted octanol–water partition coefficient (Wildman–Crippen LogP) is 1.02. The molecular formula is C26H43N5O5S. The smallest absolute Gasteiger partial charge is 0.326 e. The molecule has 0 radical (unpaired) electrons. The molecule has 0 aliphatic rings. The molecule has 1 rings (SSSR count). The van der Waals surface area contributed by atoms with Gasteiger partial charge in [0.25, 0.3) is 0 Å². The van der Waals surface area contributed by atoms with Gasteiger partial charge in [0.05, 0.1) is 6.04 Å². The van der Waals surface area contributed by atoms with E-state index in [2.05, 4.69) is 16.0 Å². The third-order valence-corrected chi connectivity index (χ3v) is 6.89. The highest BCUT2D eigenvalue weighted by atomic mass is 32.2. The highest BCUT2D eigenvalue weighted by molar-refractivity contribution is 7.98. The van der Waals surface area contributed by atoms with Crippen LogP contribution in [0, 0.1) is 5.92 Å². The molecule has 10 nitrogen and oxygen atoms in total. The number of rotatable bonds is 18. The lowest BCUT2D eigenvalue weighted by Gasteiger charge is -2.26. The fraction of sp³-hybridized carbons (Fsp3) is 0.615. The van der Waals surface area contributed by atoms with Gasteiger partial charge in [-0.05, 0) is 55.7 Å². The monoisotopic (exact) mass is 537 g/mol. The zero-order valence-corrected chi connectivity index (χ0v) is 22.9. The van der Waals surface area contributed by atoms with Crippen LogP contribution in [0.1, 0.15) is 51.5 Å². The van der Waals surface area contributed by atoms with Crippen molar-refractivity contribution in [2.75, 3.05) is 18.6 Å². The van der Waals surface area contributed by atoms with Gasteiger partial charge in [-0.15, -0.1) is 0 Å². The minimum atomic E-state index is -1.14. The molecule has 0 aromatic heterocycles. The van der Waals surface area contributed by atoms with Crippen LogP contribution in [0.2, 0.25) is 0 Å². The number of benzene rings is 1. The van der Waals surface area contributed by atoms with E-state index in [1.54, 1.807) is 18.7 Å². The highest BCUT2D eigenvalue weighted by Crippen LogP contribution is 2.11. The van der Waals surface area contributed by atoms with Gasteiger partial charge >= 0.3 is 5.97 Å². The molecule has 0 heterocycles. The second-order valence-electron chi connectivity index (χ2n) is 9.19. The third kappa shape index (κ3) is 12.0. The Labute approximate surface area is 224 Å². The van der Waals surface area contributed by atoms with Crippen LogP contribution < -0.4 is 27.4 Å². The fourth-order valence-electron chi connectivity index (χ4n) is 3.68. The van der Waals surface area contributed by atoms with Crippen molar-refractivity contribution in [2.24, 2.45) is 17.4 Å². The van der Waals surface area contributed by atoms with Gasteiger partial charge in [-0.1, -0.05) is 50.6 Å². The highest BCUT2D eigenvalue weighted by Gasteiger charge is 2.32. The van der Waals surface area contributed by atoms with Gasteiger partial charge in [0.1, 0.15) is 18.1 Å². The number of aliphatic carboxylic acids is 1. The van der Waals surface area contributed by atoms with Crippen LogP contribution in [0.15, 0.2) is 30.3 Å². The Kier molecular flexibility index (Phi) is 15.6. The average molecular weight is 538 g/mol. The van der Waals surface area contributed by atoms with E-state index in [1.807, 2.05) is 43.5 Å². The number of carbonyl (C=O) groups is 4. The van der Waals surface area contributed by atoms with E-state index >= 15 is 0 Å². The SMILES string of the molecule is CCC(C)C(NC(=O)C(Cc1ccccc1)NC(=O)C(CCCCN)NC(=O)C(N)CCSC)C(=O)O. The molecule has 208 valence electrons. The quantitative estimate of drug-likeness (QED) is 0.150. The lowest BCUT2D eigenvalue weighted by molar-refractivity contribution is -0.143. The summed E-state index contributed by atoms with van der Waals surface area (Å²) >= 11 is 1.57. The first-order valence-corrected chi connectivity index (χ1v) is 14.2. The normalized spacial score (nSPS) is 15.1. The second kappa shape index (κ2) is 17.8. The summed E-state index contributed by atoms with van der Waals surface area (Å²) in [4.78, 5) is 51.0. The number of amides is 3. The summed E-state index contributed by atoms with van der Waals surface area (Å²) in [5.74, 6) is -2.31. The zero-order valence-electron chi connectivity index (χ0n) is 22.1. The molecule has 37 heavy (non-hydrogen) atoms. The summed E-state index contributed by atoms with van der Waals surface area (Å²) in [5.41, 5.74) is 12.4. The minimum absolute atomic E-state index is 0.155. The Balaban J connectivity index is 3.11. The molecule has 5 atom stereocenters. The number of hydrogen-bond acceptors (Lipinski definition) is 7. The Bertz CT molecular complexity index is 857. The Morgan fingerprint density at radius 1 is 0.946 bits per heavy atom. The van der Waals surface area contributed by atoms with E-state index in [1.165, 1.54) is 0 Å². The average Bonchev–Trinajstić information content (AvgIpc) is 2.89. The van der Waals surface area contributed by atoms with Crippen molar-refractivity contribution in [1.82, 2.24) is 16.0 Å². The molecule has 11 heteroatoms. The lowest BCUT2D eigenvalue weighted by Crippen LogP contribution is -2.58. The van der Waals surface area contributed by atoms with E-state index in [0.29, 0.717) is 44.4 Å². The van der Waals surface area contributed by atoms with Gasteiger partial charge in [-0.2, -0.15) is 11.8 Å². The van der Waals surface area contributed by atoms with Gasteiger partial charge in [0.2, 0.25) is 17.7 Å². The first-order valence-electron chi connectivity index (χ1n) is 12.8. The maximum absolute atomic E-state index is 13.3. The van der Waals surface area contributed by atoms with Crippen molar-refractivity contribution >= 4 is 35.5 Å². The van der Waals surface area contributed by atoms with Crippen LogP contribution in [0.3, 0.4) is 0 Å². The van der Waals surface area contributed by atoms with Crippen LogP contribution in [-0.2, 0) is 25.6 Å². The second-order valence-corrected chi connectivity index (χ2v) is 10.2. The van der Waals surface area contributed by atoms with Gasteiger partial charge in [-0.3, -0.25) is 14.4 Å². The molecule has 0 aliphatic heterocycles. The number of carboxylic acid groups (broad SMARTS) is 1. The molecule has 0 bridgehead atoms. The number of carboxylic acids is 1. The minimum Gasteiger partial charge on any atom is -0.480 e. The van der Waals surface area contributed by atoms with E-state index in [4.69, 9.17) is 11.5 Å². The standard InChI is InChI=1S/C26H43N5O5S/c1-4-17(2)22(26(35)36)31-25(34)21(16-18-10-6-5-7-11-18)30-24(33)20(12-8-9-14-27)29-23(32)19(28)13-15-37-3/h5-7,10-11,17,19-22H,4,8-9,12-16,27-28H2,1-3H3,(H,29,32)(H,30,33)(H,31,34)(H,35,36). The molecule has 3 amide bonds. The molecule has 0 fully saturated rings. The summed E-state index contributed by atoms with van der Waals surface area (Å²) in [6.45, 7) is 4.03. The van der Waals surface area contributed by atoms with Crippen molar-refractivity contribution < 1.29 is 24.3 Å². The maximum atomic E-state index is 13.3. The first-order chi connectivity index (χ1) is 17.6. The van der Waals surface area contributed by atoms with Gasteiger partial charge in [0, 0.05) is 6.42 Å². The van der Waals surface area contributed by atoms with Crippen molar-refractivity contribution in [3.63, 3.8) is 0 Å². The maximum Gasteiger partial charge on any atom is 0.326 e. The largest absolute Gasteiger partial charge is 0.480 e. The first kappa shape index (κ1) is 32.4. The molecule has 0 aliphatic carbocycles. The zero-order chi connectivity index (χ0) is 27.8. The fourth-order valence-corrected chi connectivity index (χ4v) is 4.17. The Hall–Kier alpha value is -2.63.